The molecule has 0 saturated carbocycles. The highest BCUT2D eigenvalue weighted by Gasteiger charge is 2.25. The summed E-state index contributed by atoms with van der Waals surface area (Å²) in [4.78, 5) is 65.9. The number of carboxylic acids is 1. The number of aliphatic carboxylic acids is 1. The smallest absolute Gasteiger partial charge is 0.408 e. The van der Waals surface area contributed by atoms with E-state index in [4.69, 9.17) is 13.9 Å². The van der Waals surface area contributed by atoms with E-state index >= 15 is 0 Å². The molecule has 5 N–H and O–H groups in total. The lowest BCUT2D eigenvalue weighted by molar-refractivity contribution is -0.136. The molecule has 0 aliphatic heterocycles. The van der Waals surface area contributed by atoms with Crippen molar-refractivity contribution in [3.05, 3.63) is 132 Å². The van der Waals surface area contributed by atoms with E-state index in [2.05, 4.69) is 26.3 Å². The first-order valence-electron chi connectivity index (χ1n) is 16.8. The van der Waals surface area contributed by atoms with Gasteiger partial charge >= 0.3 is 18.2 Å². The van der Waals surface area contributed by atoms with Crippen LogP contribution in [0.15, 0.2) is 113 Å². The van der Waals surface area contributed by atoms with Gasteiger partial charge in [0.2, 0.25) is 17.7 Å². The van der Waals surface area contributed by atoms with Crippen molar-refractivity contribution >= 4 is 35.7 Å². The lowest BCUT2D eigenvalue weighted by atomic mass is 9.93. The van der Waals surface area contributed by atoms with Crippen LogP contribution in [0.5, 0.6) is 0 Å². The Balaban J connectivity index is 1.16. The molecular weight excluding hydrogens is 682 g/mol. The molecule has 1 aromatic heterocycles. The molecule has 1 heterocycles. The molecule has 3 aromatic carbocycles. The average molecular weight is 722 g/mol. The third-order valence-electron chi connectivity index (χ3n) is 8.01. The summed E-state index contributed by atoms with van der Waals surface area (Å²) in [6.07, 6.45) is 3.81. The molecule has 53 heavy (non-hydrogen) atoms. The minimum atomic E-state index is -1.11. The number of allylic oxidation sites excluding steroid dienone is 3. The molecule has 5 rings (SSSR count). The van der Waals surface area contributed by atoms with Crippen LogP contribution in [0.2, 0.25) is 0 Å². The summed E-state index contributed by atoms with van der Waals surface area (Å²) < 4.78 is 16.3. The van der Waals surface area contributed by atoms with Gasteiger partial charge in [-0.2, -0.15) is 0 Å². The monoisotopic (exact) mass is 721 g/mol. The van der Waals surface area contributed by atoms with Gasteiger partial charge in [-0.05, 0) is 49.6 Å². The first-order chi connectivity index (χ1) is 25.5. The first kappa shape index (κ1) is 37.6. The highest BCUT2D eigenvalue weighted by Crippen LogP contribution is 2.35. The molecule has 3 atom stereocenters. The van der Waals surface area contributed by atoms with Crippen molar-refractivity contribution in [2.45, 2.75) is 57.9 Å². The number of anilines is 1. The van der Waals surface area contributed by atoms with Crippen LogP contribution in [0, 0.1) is 0 Å². The van der Waals surface area contributed by atoms with Crippen molar-refractivity contribution in [1.29, 1.82) is 0 Å². The molecule has 3 unspecified atom stereocenters. The van der Waals surface area contributed by atoms with Crippen LogP contribution >= 0.6 is 0 Å². The topological polar surface area (TPSA) is 198 Å². The van der Waals surface area contributed by atoms with Gasteiger partial charge in [0.1, 0.15) is 43.2 Å². The van der Waals surface area contributed by atoms with Crippen molar-refractivity contribution in [2.75, 3.05) is 5.32 Å². The molecule has 4 aromatic rings. The van der Waals surface area contributed by atoms with E-state index in [1.54, 1.807) is 36.4 Å². The number of rotatable bonds is 14. The fourth-order valence-electron chi connectivity index (χ4n) is 5.18. The van der Waals surface area contributed by atoms with Crippen LogP contribution < -0.4 is 21.3 Å². The number of carbonyl (C=O) groups is 5. The second kappa shape index (κ2) is 18.0. The van der Waals surface area contributed by atoms with Crippen LogP contribution in [0.4, 0.5) is 15.3 Å². The number of nitrogens with one attached hydrogen (secondary N) is 4. The number of carboxylic acid groups (broad SMARTS) is 1. The summed E-state index contributed by atoms with van der Waals surface area (Å²) in [5.41, 5.74) is 3.64. The zero-order valence-corrected chi connectivity index (χ0v) is 29.0. The number of hydrogen-bond acceptors (Lipinski definition) is 9. The van der Waals surface area contributed by atoms with E-state index in [-0.39, 0.29) is 25.0 Å². The minimum absolute atomic E-state index is 0.0226. The summed E-state index contributed by atoms with van der Waals surface area (Å²) in [6.45, 7) is 3.21. The van der Waals surface area contributed by atoms with Crippen molar-refractivity contribution in [3.63, 3.8) is 0 Å². The van der Waals surface area contributed by atoms with Crippen molar-refractivity contribution in [1.82, 2.24) is 20.9 Å². The van der Waals surface area contributed by atoms with Gasteiger partial charge in [-0.1, -0.05) is 84.9 Å². The Hall–Kier alpha value is -6.70. The molecule has 14 nitrogen and oxygen atoms in total. The fraction of sp³-hybridized carbons (Fsp3) is 0.231. The Labute approximate surface area is 305 Å². The van der Waals surface area contributed by atoms with Crippen molar-refractivity contribution in [3.8, 4) is 11.3 Å². The predicted molar refractivity (Wildman–Crippen MR) is 193 cm³/mol. The summed E-state index contributed by atoms with van der Waals surface area (Å²) in [5, 5.41) is 19.9. The highest BCUT2D eigenvalue weighted by atomic mass is 16.6. The highest BCUT2D eigenvalue weighted by molar-refractivity contribution is 5.96. The van der Waals surface area contributed by atoms with Gasteiger partial charge in [0.05, 0.1) is 0 Å². The fourth-order valence-corrected chi connectivity index (χ4v) is 5.18. The largest absolute Gasteiger partial charge is 0.481 e. The molecule has 0 bridgehead atoms. The number of amides is 4. The molecule has 1 aliphatic rings. The predicted octanol–water partition coefficient (Wildman–Crippen LogP) is 5.58. The first-order valence-corrected chi connectivity index (χ1v) is 16.8. The quantitative estimate of drug-likeness (QED) is 0.110. The lowest BCUT2D eigenvalue weighted by Crippen LogP contribution is -2.44. The molecular formula is C39H39N5O9. The van der Waals surface area contributed by atoms with Gasteiger partial charge in [-0.25, -0.2) is 14.6 Å². The van der Waals surface area contributed by atoms with Gasteiger partial charge < -0.3 is 40.3 Å². The molecule has 14 heteroatoms. The second-order valence-electron chi connectivity index (χ2n) is 12.2. The van der Waals surface area contributed by atoms with E-state index < -0.39 is 48.5 Å². The number of nitrogens with zero attached hydrogens (tertiary/aromatic N) is 1. The Bertz CT molecular complexity index is 1980. The van der Waals surface area contributed by atoms with Gasteiger partial charge in [-0.15, -0.1) is 0 Å². The molecule has 0 spiro atoms. The standard InChI is InChI=1S/C39H39N5O9/c1-24(40-38(49)51-22-26-9-5-3-6-10-26)36(47)42-30-17-13-28(14-18-30)34-35(53-32(44-34)21-33(45)46)29-15-19-31(20-16-29)43-37(48)25(2)41-39(50)52-23-27-11-7-4-8-12-27/h3-15,17-20,24-25,29H,16,21-23H2,1-2H3,(H,40,49)(H,41,50)(H,42,47)(H,43,48)(H,45,46). The third-order valence-corrected chi connectivity index (χ3v) is 8.01. The zero-order valence-electron chi connectivity index (χ0n) is 29.0. The van der Waals surface area contributed by atoms with Crippen LogP contribution in [-0.4, -0.2) is 52.1 Å². The average Bonchev–Trinajstić information content (AvgIpc) is 3.57. The summed E-state index contributed by atoms with van der Waals surface area (Å²) in [6, 6.07) is 23.3. The van der Waals surface area contributed by atoms with Gasteiger partial charge in [-0.3, -0.25) is 14.4 Å². The lowest BCUT2D eigenvalue weighted by Gasteiger charge is -2.18. The molecule has 274 valence electrons. The molecule has 0 saturated heterocycles. The van der Waals surface area contributed by atoms with Crippen LogP contribution in [-0.2, 0) is 43.5 Å². The van der Waals surface area contributed by atoms with Crippen molar-refractivity contribution in [2.24, 2.45) is 0 Å². The van der Waals surface area contributed by atoms with Crippen LogP contribution in [0.1, 0.15) is 49.0 Å². The Kier molecular flexibility index (Phi) is 12.7. The number of hydrogen-bond donors (Lipinski definition) is 5. The maximum Gasteiger partial charge on any atom is 0.408 e. The summed E-state index contributed by atoms with van der Waals surface area (Å²) in [5.74, 6) is -1.90. The van der Waals surface area contributed by atoms with Gasteiger partial charge in [0.25, 0.3) is 0 Å². The second-order valence-corrected chi connectivity index (χ2v) is 12.2. The number of alkyl carbamates (subject to hydrolysis) is 2. The minimum Gasteiger partial charge on any atom is -0.481 e. The molecule has 0 radical (unpaired) electrons. The number of carbonyl (C=O) groups excluding carboxylic acids is 4. The zero-order chi connectivity index (χ0) is 37.7. The number of benzene rings is 3. The van der Waals surface area contributed by atoms with E-state index in [1.807, 2.05) is 66.7 Å². The van der Waals surface area contributed by atoms with Gasteiger partial charge in [0, 0.05) is 22.9 Å². The normalized spacial score (nSPS) is 14.5. The van der Waals surface area contributed by atoms with Crippen LogP contribution in [0.3, 0.4) is 0 Å². The SMILES string of the molecule is CC(NC(=O)OCc1ccccc1)C(=O)NC1=CCC(c2oc(CC(=O)O)nc2-c2ccc(NC(=O)C(C)NC(=O)OCc3ccccc3)cc2)C=C1. The van der Waals surface area contributed by atoms with Crippen molar-refractivity contribution < 1.29 is 43.0 Å². The maximum absolute atomic E-state index is 12.8. The molecule has 0 fully saturated rings. The molecule has 1 aliphatic carbocycles. The third kappa shape index (κ3) is 11.1. The Morgan fingerprint density at radius 2 is 1.34 bits per heavy atom. The molecule has 4 amide bonds. The summed E-state index contributed by atoms with van der Waals surface area (Å²) in [7, 11) is 0. The summed E-state index contributed by atoms with van der Waals surface area (Å²) >= 11 is 0. The van der Waals surface area contributed by atoms with Crippen LogP contribution in [0.25, 0.3) is 11.3 Å². The maximum atomic E-state index is 12.8. The Morgan fingerprint density at radius 1 is 0.792 bits per heavy atom. The number of aromatic nitrogens is 1. The number of oxazole rings is 1. The van der Waals surface area contributed by atoms with Gasteiger partial charge in [0.15, 0.2) is 0 Å². The van der Waals surface area contributed by atoms with E-state index in [0.717, 1.165) is 11.1 Å². The van der Waals surface area contributed by atoms with E-state index in [9.17, 15) is 29.1 Å². The Morgan fingerprint density at radius 3 is 1.85 bits per heavy atom. The van der Waals surface area contributed by atoms with E-state index in [0.29, 0.717) is 34.8 Å². The van der Waals surface area contributed by atoms with E-state index in [1.165, 1.54) is 13.8 Å². The number of ether oxygens (including phenoxy) is 2.